The minimum atomic E-state index is -1.01. The van der Waals surface area contributed by atoms with Gasteiger partial charge in [0.1, 0.15) is 23.4 Å². The Bertz CT molecular complexity index is 1110. The highest BCUT2D eigenvalue weighted by atomic mass is 32.2. The van der Waals surface area contributed by atoms with E-state index in [1.54, 1.807) is 44.7 Å². The van der Waals surface area contributed by atoms with Gasteiger partial charge in [-0.25, -0.2) is 4.79 Å². The summed E-state index contributed by atoms with van der Waals surface area (Å²) in [6.07, 6.45) is 1.21. The van der Waals surface area contributed by atoms with Crippen LogP contribution in [0.15, 0.2) is 42.5 Å². The van der Waals surface area contributed by atoms with Crippen LogP contribution in [0.3, 0.4) is 0 Å². The lowest BCUT2D eigenvalue weighted by molar-refractivity contribution is -0.141. The van der Waals surface area contributed by atoms with E-state index in [1.807, 2.05) is 51.1 Å². The van der Waals surface area contributed by atoms with Crippen molar-refractivity contribution in [1.82, 2.24) is 10.2 Å². The maximum atomic E-state index is 14.3. The quantitative estimate of drug-likeness (QED) is 0.277. The number of primary amides is 1. The van der Waals surface area contributed by atoms with Gasteiger partial charge in [0.05, 0.1) is 0 Å². The van der Waals surface area contributed by atoms with Crippen molar-refractivity contribution in [1.29, 1.82) is 0 Å². The first-order valence-electron chi connectivity index (χ1n) is 13.8. The van der Waals surface area contributed by atoms with Crippen LogP contribution in [0.2, 0.25) is 0 Å². The van der Waals surface area contributed by atoms with Gasteiger partial charge in [-0.3, -0.25) is 9.59 Å². The van der Waals surface area contributed by atoms with E-state index < -0.39 is 35.6 Å². The molecule has 220 valence electrons. The van der Waals surface area contributed by atoms with Crippen LogP contribution in [-0.2, 0) is 27.2 Å². The van der Waals surface area contributed by atoms with Crippen molar-refractivity contribution in [3.05, 3.63) is 64.7 Å². The van der Waals surface area contributed by atoms with E-state index in [0.29, 0.717) is 25.1 Å². The molecule has 0 bridgehead atoms. The van der Waals surface area contributed by atoms with Crippen molar-refractivity contribution in [2.75, 3.05) is 18.1 Å². The summed E-state index contributed by atoms with van der Waals surface area (Å²) in [5, 5.41) is 12.8. The molecule has 2 atom stereocenters. The molecule has 0 spiro atoms. The van der Waals surface area contributed by atoms with Crippen LogP contribution < -0.4 is 11.1 Å². The molecule has 0 aliphatic heterocycles. The molecule has 0 aromatic heterocycles. The van der Waals surface area contributed by atoms with Gasteiger partial charge < -0.3 is 25.8 Å². The van der Waals surface area contributed by atoms with Gasteiger partial charge in [-0.05, 0) is 99.8 Å². The fourth-order valence-electron chi connectivity index (χ4n) is 4.66. The molecule has 0 aliphatic carbocycles. The van der Waals surface area contributed by atoms with Crippen molar-refractivity contribution in [2.24, 2.45) is 5.73 Å². The number of amides is 3. The summed E-state index contributed by atoms with van der Waals surface area (Å²) in [6.45, 7) is 11.3. The first-order valence-corrected chi connectivity index (χ1v) is 15.0. The average molecular weight is 572 g/mol. The lowest BCUT2D eigenvalue weighted by Gasteiger charge is -2.34. The number of carbonyl (C=O) groups excluding carboxylic acids is 3. The molecule has 2 aromatic carbocycles. The number of hydrogen-bond acceptors (Lipinski definition) is 6. The van der Waals surface area contributed by atoms with Gasteiger partial charge in [-0.15, -0.1) is 0 Å². The van der Waals surface area contributed by atoms with Crippen LogP contribution in [0.25, 0.3) is 0 Å². The van der Waals surface area contributed by atoms with Crippen LogP contribution in [0.1, 0.15) is 62.8 Å². The summed E-state index contributed by atoms with van der Waals surface area (Å²) in [5.74, 6) is 0.725. The number of alkyl carbamates (subject to hydrolysis) is 1. The maximum absolute atomic E-state index is 14.3. The standard InChI is InChI=1S/C31H45N3O5S/c1-7-40-17-15-27(28(32)36)34(16-11-14-23-12-9-8-10-13-23)29(37)26(33-30(38)39-31(4,5)6)20-25-21(2)18-24(35)19-22(25)3/h8-10,12-13,18-19,26-27,35H,7,11,14-17,20H2,1-6H3,(H2,32,36)(H,33,38)/t26?,27-/m1/s1. The number of phenols is 1. The molecule has 2 rings (SSSR count). The summed E-state index contributed by atoms with van der Waals surface area (Å²) in [4.78, 5) is 41.4. The second-order valence-electron chi connectivity index (χ2n) is 11.0. The molecule has 0 saturated heterocycles. The van der Waals surface area contributed by atoms with Gasteiger partial charge in [-0.1, -0.05) is 37.3 Å². The van der Waals surface area contributed by atoms with Crippen LogP contribution >= 0.6 is 11.8 Å². The van der Waals surface area contributed by atoms with E-state index in [9.17, 15) is 19.5 Å². The fourth-order valence-corrected chi connectivity index (χ4v) is 5.33. The largest absolute Gasteiger partial charge is 0.508 e. The lowest BCUT2D eigenvalue weighted by atomic mass is 9.94. The number of phenolic OH excluding ortho intramolecular Hbond substituents is 1. The zero-order chi connectivity index (χ0) is 29.9. The van der Waals surface area contributed by atoms with Crippen LogP contribution in [0, 0.1) is 13.8 Å². The molecule has 0 fully saturated rings. The van der Waals surface area contributed by atoms with Crippen molar-refractivity contribution < 1.29 is 24.2 Å². The third-order valence-corrected chi connectivity index (χ3v) is 7.45. The molecule has 2 aromatic rings. The molecule has 0 aliphatic rings. The summed E-state index contributed by atoms with van der Waals surface area (Å²) < 4.78 is 5.49. The Morgan fingerprint density at radius 3 is 2.27 bits per heavy atom. The normalized spacial score (nSPS) is 12.8. The molecule has 3 amide bonds. The van der Waals surface area contributed by atoms with E-state index in [1.165, 1.54) is 4.90 Å². The van der Waals surface area contributed by atoms with Crippen LogP contribution in [-0.4, -0.2) is 63.6 Å². The van der Waals surface area contributed by atoms with Crippen molar-refractivity contribution >= 4 is 29.7 Å². The molecular weight excluding hydrogens is 526 g/mol. The molecular formula is C31H45N3O5S. The number of rotatable bonds is 14. The number of nitrogens with one attached hydrogen (secondary N) is 1. The molecule has 0 radical (unpaired) electrons. The Balaban J connectivity index is 2.43. The minimum absolute atomic E-state index is 0.131. The van der Waals surface area contributed by atoms with Gasteiger partial charge >= 0.3 is 6.09 Å². The second-order valence-corrected chi connectivity index (χ2v) is 12.4. The number of aryl methyl sites for hydroxylation is 3. The van der Waals surface area contributed by atoms with Gasteiger partial charge in [-0.2, -0.15) is 11.8 Å². The summed E-state index contributed by atoms with van der Waals surface area (Å²) in [7, 11) is 0. The van der Waals surface area contributed by atoms with Crippen molar-refractivity contribution in [2.45, 2.75) is 84.9 Å². The first kappa shape index (κ1) is 33.0. The fraction of sp³-hybridized carbons (Fsp3) is 0.516. The zero-order valence-corrected chi connectivity index (χ0v) is 25.5. The number of nitrogens with zero attached hydrogens (tertiary/aromatic N) is 1. The zero-order valence-electron chi connectivity index (χ0n) is 24.7. The molecule has 8 nitrogen and oxygen atoms in total. The molecule has 1 unspecified atom stereocenters. The van der Waals surface area contributed by atoms with E-state index in [0.717, 1.165) is 34.4 Å². The number of carbonyl (C=O) groups is 3. The predicted molar refractivity (Wildman–Crippen MR) is 162 cm³/mol. The monoisotopic (exact) mass is 571 g/mol. The third kappa shape index (κ3) is 10.8. The minimum Gasteiger partial charge on any atom is -0.508 e. The number of ether oxygens (including phenoxy) is 1. The smallest absolute Gasteiger partial charge is 0.408 e. The van der Waals surface area contributed by atoms with Gasteiger partial charge in [0.15, 0.2) is 0 Å². The van der Waals surface area contributed by atoms with Crippen molar-refractivity contribution in [3.8, 4) is 5.75 Å². The molecule has 0 heterocycles. The topological polar surface area (TPSA) is 122 Å². The van der Waals surface area contributed by atoms with Gasteiger partial charge in [0.2, 0.25) is 11.8 Å². The number of thioether (sulfide) groups is 1. The number of aromatic hydroxyl groups is 1. The van der Waals surface area contributed by atoms with Crippen LogP contribution in [0.4, 0.5) is 4.79 Å². The van der Waals surface area contributed by atoms with Crippen LogP contribution in [0.5, 0.6) is 5.75 Å². The maximum Gasteiger partial charge on any atom is 0.408 e. The number of nitrogens with two attached hydrogens (primary N) is 1. The van der Waals surface area contributed by atoms with Crippen molar-refractivity contribution in [3.63, 3.8) is 0 Å². The SMILES string of the molecule is CCSCC[C@H](C(N)=O)N(CCCc1ccccc1)C(=O)C(Cc1c(C)cc(O)cc1C)NC(=O)OC(C)(C)C. The summed E-state index contributed by atoms with van der Waals surface area (Å²) in [6, 6.07) is 11.4. The van der Waals surface area contributed by atoms with E-state index in [2.05, 4.69) is 5.32 Å². The number of hydrogen-bond donors (Lipinski definition) is 3. The highest BCUT2D eigenvalue weighted by Gasteiger charge is 2.34. The van der Waals surface area contributed by atoms with E-state index in [4.69, 9.17) is 10.5 Å². The Hall–Kier alpha value is -3.20. The number of benzene rings is 2. The molecule has 9 heteroatoms. The highest BCUT2D eigenvalue weighted by molar-refractivity contribution is 7.99. The predicted octanol–water partition coefficient (Wildman–Crippen LogP) is 4.90. The summed E-state index contributed by atoms with van der Waals surface area (Å²) >= 11 is 1.68. The average Bonchev–Trinajstić information content (AvgIpc) is 2.85. The Morgan fingerprint density at radius 2 is 1.73 bits per heavy atom. The van der Waals surface area contributed by atoms with E-state index >= 15 is 0 Å². The Morgan fingerprint density at radius 1 is 1.10 bits per heavy atom. The Labute approximate surface area is 243 Å². The second kappa shape index (κ2) is 15.6. The lowest BCUT2D eigenvalue weighted by Crippen LogP contribution is -2.56. The first-order chi connectivity index (χ1) is 18.8. The van der Waals surface area contributed by atoms with E-state index in [-0.39, 0.29) is 12.2 Å². The van der Waals surface area contributed by atoms with Gasteiger partial charge in [0, 0.05) is 13.0 Å². The summed E-state index contributed by atoms with van der Waals surface area (Å²) in [5.41, 5.74) is 8.65. The molecule has 4 N–H and O–H groups in total. The van der Waals surface area contributed by atoms with Gasteiger partial charge in [0.25, 0.3) is 0 Å². The highest BCUT2D eigenvalue weighted by Crippen LogP contribution is 2.24. The molecule has 40 heavy (non-hydrogen) atoms. The third-order valence-electron chi connectivity index (χ3n) is 6.51. The Kier molecular flexibility index (Phi) is 12.8. The molecule has 0 saturated carbocycles.